The first-order chi connectivity index (χ1) is 7.57. The van der Waals surface area contributed by atoms with Gasteiger partial charge in [0.2, 0.25) is 0 Å². The number of carbonyl (C=O) groups excluding carboxylic acids is 1. The predicted octanol–water partition coefficient (Wildman–Crippen LogP) is 4.16. The van der Waals surface area contributed by atoms with Gasteiger partial charge in [0.05, 0.1) is 12.5 Å². The van der Waals surface area contributed by atoms with Gasteiger partial charge in [-0.2, -0.15) is 0 Å². The minimum absolute atomic E-state index is 0.0229. The lowest BCUT2D eigenvalue weighted by Crippen LogP contribution is -2.38. The smallest absolute Gasteiger partial charge is 0.308 e. The van der Waals surface area contributed by atoms with Crippen LogP contribution in [0.15, 0.2) is 0 Å². The zero-order valence-electron chi connectivity index (χ0n) is 12.7. The van der Waals surface area contributed by atoms with Gasteiger partial charge in [-0.1, -0.05) is 52.2 Å². The SMILES string of the molecule is CCC(C)C(=O)OCC[Si](C)(C)C[Si](C)(C)C. The maximum atomic E-state index is 11.5. The number of hydrogen-bond donors (Lipinski definition) is 0. The van der Waals surface area contributed by atoms with Crippen molar-refractivity contribution in [3.8, 4) is 0 Å². The number of esters is 1. The standard InChI is InChI=1S/C13H30O2Si2/c1-8-12(2)13(14)15-9-10-17(6,7)11-16(3,4)5/h12H,8-11H2,1-7H3. The summed E-state index contributed by atoms with van der Waals surface area (Å²) in [6, 6.07) is 1.11. The van der Waals surface area contributed by atoms with Crippen molar-refractivity contribution in [2.75, 3.05) is 6.61 Å². The van der Waals surface area contributed by atoms with Crippen LogP contribution in [0.25, 0.3) is 0 Å². The largest absolute Gasteiger partial charge is 0.466 e. The fourth-order valence-corrected chi connectivity index (χ4v) is 15.1. The molecular formula is C13H30O2Si2. The molecule has 1 unspecified atom stereocenters. The summed E-state index contributed by atoms with van der Waals surface area (Å²) in [6.07, 6.45) is 0.870. The van der Waals surface area contributed by atoms with Crippen molar-refractivity contribution in [1.82, 2.24) is 0 Å². The molecule has 0 amide bonds. The van der Waals surface area contributed by atoms with Crippen LogP contribution in [0.1, 0.15) is 20.3 Å². The highest BCUT2D eigenvalue weighted by atomic mass is 28.4. The molecule has 0 aliphatic rings. The second kappa shape index (κ2) is 6.73. The Morgan fingerprint density at radius 3 is 2.12 bits per heavy atom. The van der Waals surface area contributed by atoms with E-state index in [9.17, 15) is 4.79 Å². The lowest BCUT2D eigenvalue weighted by atomic mass is 10.1. The summed E-state index contributed by atoms with van der Waals surface area (Å²) in [4.78, 5) is 11.5. The minimum atomic E-state index is -1.17. The molecule has 0 radical (unpaired) electrons. The Kier molecular flexibility index (Phi) is 6.70. The highest BCUT2D eigenvalue weighted by molar-refractivity contribution is 6.94. The van der Waals surface area contributed by atoms with Gasteiger partial charge in [0.15, 0.2) is 0 Å². The molecule has 0 rings (SSSR count). The van der Waals surface area contributed by atoms with Crippen LogP contribution >= 0.6 is 0 Å². The molecule has 0 aromatic rings. The third-order valence-electron chi connectivity index (χ3n) is 3.05. The first-order valence-electron chi connectivity index (χ1n) is 6.74. The monoisotopic (exact) mass is 274 g/mol. The normalized spacial score (nSPS) is 14.5. The van der Waals surface area contributed by atoms with Crippen LogP contribution in [-0.4, -0.2) is 28.7 Å². The van der Waals surface area contributed by atoms with E-state index in [1.807, 2.05) is 13.8 Å². The summed E-state index contributed by atoms with van der Waals surface area (Å²) in [6.45, 7) is 16.7. The molecule has 4 heteroatoms. The summed E-state index contributed by atoms with van der Waals surface area (Å²) in [7, 11) is -2.14. The number of rotatable bonds is 7. The van der Waals surface area contributed by atoms with Gasteiger partial charge in [0.1, 0.15) is 0 Å². The van der Waals surface area contributed by atoms with Gasteiger partial charge in [0.25, 0.3) is 0 Å². The predicted molar refractivity (Wildman–Crippen MR) is 80.9 cm³/mol. The van der Waals surface area contributed by atoms with Crippen molar-refractivity contribution < 1.29 is 9.53 Å². The average Bonchev–Trinajstić information content (AvgIpc) is 2.12. The van der Waals surface area contributed by atoms with Crippen molar-refractivity contribution in [2.45, 2.75) is 64.7 Å². The molecular weight excluding hydrogens is 244 g/mol. The number of carbonyl (C=O) groups is 1. The van der Waals surface area contributed by atoms with E-state index in [0.717, 1.165) is 12.5 Å². The van der Waals surface area contributed by atoms with E-state index < -0.39 is 16.1 Å². The van der Waals surface area contributed by atoms with Crippen LogP contribution in [0.5, 0.6) is 0 Å². The lowest BCUT2D eigenvalue weighted by molar-refractivity contribution is -0.147. The van der Waals surface area contributed by atoms with E-state index >= 15 is 0 Å². The zero-order chi connectivity index (χ0) is 13.7. The summed E-state index contributed by atoms with van der Waals surface area (Å²) in [5, 5.41) is 0. The molecule has 2 nitrogen and oxygen atoms in total. The molecule has 0 fully saturated rings. The van der Waals surface area contributed by atoms with E-state index in [1.54, 1.807) is 0 Å². The Bertz CT molecular complexity index is 244. The fourth-order valence-electron chi connectivity index (χ4n) is 2.26. The quantitative estimate of drug-likeness (QED) is 0.515. The summed E-state index contributed by atoms with van der Waals surface area (Å²) < 4.78 is 5.36. The highest BCUT2D eigenvalue weighted by Crippen LogP contribution is 2.23. The number of hydrogen-bond acceptors (Lipinski definition) is 2. The molecule has 0 aliphatic carbocycles. The topological polar surface area (TPSA) is 26.3 Å². The number of ether oxygens (including phenoxy) is 1. The van der Waals surface area contributed by atoms with Gasteiger partial charge >= 0.3 is 5.97 Å². The molecule has 0 N–H and O–H groups in total. The Labute approximate surface area is 109 Å². The maximum Gasteiger partial charge on any atom is 0.308 e. The summed E-state index contributed by atoms with van der Waals surface area (Å²) in [5.41, 5.74) is 1.42. The third kappa shape index (κ3) is 8.60. The average molecular weight is 275 g/mol. The molecule has 0 bridgehead atoms. The van der Waals surface area contributed by atoms with Crippen LogP contribution in [0.3, 0.4) is 0 Å². The molecule has 0 saturated carbocycles. The molecule has 0 aliphatic heterocycles. The lowest BCUT2D eigenvalue weighted by Gasteiger charge is -2.29. The van der Waals surface area contributed by atoms with Gasteiger partial charge in [-0.15, -0.1) is 0 Å². The van der Waals surface area contributed by atoms with E-state index in [1.165, 1.54) is 5.67 Å². The van der Waals surface area contributed by atoms with E-state index in [4.69, 9.17) is 4.74 Å². The van der Waals surface area contributed by atoms with Gasteiger partial charge in [0, 0.05) is 16.1 Å². The van der Waals surface area contributed by atoms with Crippen LogP contribution in [0, 0.1) is 5.92 Å². The fraction of sp³-hybridized carbons (Fsp3) is 0.923. The second-order valence-electron chi connectivity index (χ2n) is 7.13. The Morgan fingerprint density at radius 1 is 1.18 bits per heavy atom. The zero-order valence-corrected chi connectivity index (χ0v) is 14.7. The van der Waals surface area contributed by atoms with E-state index in [-0.39, 0.29) is 11.9 Å². The minimum Gasteiger partial charge on any atom is -0.466 e. The van der Waals surface area contributed by atoms with Crippen LogP contribution in [-0.2, 0) is 9.53 Å². The molecule has 0 heterocycles. The van der Waals surface area contributed by atoms with Crippen LogP contribution < -0.4 is 0 Å². The second-order valence-corrected chi connectivity index (χ2v) is 18.5. The van der Waals surface area contributed by atoms with Gasteiger partial charge in [-0.05, 0) is 12.5 Å². The molecule has 0 spiro atoms. The van der Waals surface area contributed by atoms with E-state index in [0.29, 0.717) is 6.61 Å². The summed E-state index contributed by atoms with van der Waals surface area (Å²) in [5.74, 6) is 0.0297. The van der Waals surface area contributed by atoms with Gasteiger partial charge < -0.3 is 4.74 Å². The first-order valence-corrected chi connectivity index (χ1v) is 13.9. The van der Waals surface area contributed by atoms with Crippen molar-refractivity contribution in [1.29, 1.82) is 0 Å². The van der Waals surface area contributed by atoms with E-state index in [2.05, 4.69) is 32.7 Å². The van der Waals surface area contributed by atoms with Gasteiger partial charge in [-0.25, -0.2) is 0 Å². The Balaban J connectivity index is 3.99. The molecule has 1 atom stereocenters. The maximum absolute atomic E-state index is 11.5. The highest BCUT2D eigenvalue weighted by Gasteiger charge is 2.28. The third-order valence-corrected chi connectivity index (χ3v) is 12.7. The molecule has 17 heavy (non-hydrogen) atoms. The Morgan fingerprint density at radius 2 is 1.71 bits per heavy atom. The molecule has 0 saturated heterocycles. The van der Waals surface area contributed by atoms with Crippen LogP contribution in [0.2, 0.25) is 44.4 Å². The summed E-state index contributed by atoms with van der Waals surface area (Å²) >= 11 is 0. The molecule has 0 aromatic heterocycles. The van der Waals surface area contributed by atoms with Crippen molar-refractivity contribution >= 4 is 22.1 Å². The molecule has 0 aromatic carbocycles. The first kappa shape index (κ1) is 16.9. The molecule has 102 valence electrons. The van der Waals surface area contributed by atoms with Crippen LogP contribution in [0.4, 0.5) is 0 Å². The van der Waals surface area contributed by atoms with Gasteiger partial charge in [-0.3, -0.25) is 4.79 Å². The Hall–Kier alpha value is -0.0962. The van der Waals surface area contributed by atoms with Crippen molar-refractivity contribution in [3.63, 3.8) is 0 Å². The van der Waals surface area contributed by atoms with Crippen molar-refractivity contribution in [2.24, 2.45) is 5.92 Å². The van der Waals surface area contributed by atoms with Crippen molar-refractivity contribution in [3.05, 3.63) is 0 Å².